The molecule has 1 atom stereocenters. The topological polar surface area (TPSA) is 78.9 Å². The molecule has 0 aliphatic rings. The molecule has 0 spiro atoms. The summed E-state index contributed by atoms with van der Waals surface area (Å²) < 4.78 is 16.8. The van der Waals surface area contributed by atoms with Crippen LogP contribution < -0.4 is 0 Å². The standard InChI is InChI=1S/C59H106O6/c1-4-7-10-13-16-19-22-25-27-29-31-34-36-39-42-45-48-51-57(60)63-54-56(65-59(62)53-50-47-44-41-38-33-24-21-18-15-12-9-6-3)55-64-58(61)52-49-46-43-40-37-35-32-30-28-26-23-20-17-14-11-8-5-2/h16,19,21,24-25,27,31,34,56H,4-15,17-18,20,22-23,26,28-30,32-33,35-55H2,1-3H3/b19-16-,24-21-,27-25-,34-31-/t56-/m1/s1. The molecule has 6 heteroatoms. The number of esters is 3. The molecular formula is C59H106O6. The van der Waals surface area contributed by atoms with Crippen molar-refractivity contribution in [1.82, 2.24) is 0 Å². The molecule has 65 heavy (non-hydrogen) atoms. The van der Waals surface area contributed by atoms with Crippen molar-refractivity contribution in [3.05, 3.63) is 48.6 Å². The van der Waals surface area contributed by atoms with Gasteiger partial charge in [-0.25, -0.2) is 0 Å². The van der Waals surface area contributed by atoms with E-state index in [9.17, 15) is 14.4 Å². The SMILES string of the molecule is CCCCC/C=C\C/C=C\C/C=C\CCCCCCC(=O)OC[C@H](COC(=O)CCCCCCCCCCCCCCCCCCC)OC(=O)CCCCCCC/C=C\CCCCCC. The summed E-state index contributed by atoms with van der Waals surface area (Å²) in [6.07, 6.45) is 65.2. The van der Waals surface area contributed by atoms with Crippen LogP contribution in [0.4, 0.5) is 0 Å². The summed E-state index contributed by atoms with van der Waals surface area (Å²) >= 11 is 0. The van der Waals surface area contributed by atoms with E-state index in [1.165, 1.54) is 154 Å². The third kappa shape index (κ3) is 52.2. The number of hydrogen-bond donors (Lipinski definition) is 0. The molecule has 0 saturated heterocycles. The quantitative estimate of drug-likeness (QED) is 0.0262. The molecule has 0 fully saturated rings. The molecule has 0 rings (SSSR count). The van der Waals surface area contributed by atoms with Crippen molar-refractivity contribution in [1.29, 1.82) is 0 Å². The van der Waals surface area contributed by atoms with Gasteiger partial charge in [0.1, 0.15) is 13.2 Å². The first-order valence-corrected chi connectivity index (χ1v) is 28.1. The predicted octanol–water partition coefficient (Wildman–Crippen LogP) is 18.7. The van der Waals surface area contributed by atoms with Gasteiger partial charge in [0.25, 0.3) is 0 Å². The zero-order chi connectivity index (χ0) is 47.2. The summed E-state index contributed by atoms with van der Waals surface area (Å²) in [6, 6.07) is 0. The molecule has 0 radical (unpaired) electrons. The minimum Gasteiger partial charge on any atom is -0.462 e. The van der Waals surface area contributed by atoms with Gasteiger partial charge in [-0.2, -0.15) is 0 Å². The molecule has 0 heterocycles. The lowest BCUT2D eigenvalue weighted by Gasteiger charge is -2.18. The largest absolute Gasteiger partial charge is 0.462 e. The van der Waals surface area contributed by atoms with Crippen LogP contribution in [0, 0.1) is 0 Å². The fourth-order valence-electron chi connectivity index (χ4n) is 8.03. The summed E-state index contributed by atoms with van der Waals surface area (Å²) in [5.74, 6) is -0.900. The molecule has 0 aliphatic heterocycles. The Bertz CT molecular complexity index is 1140. The third-order valence-electron chi connectivity index (χ3n) is 12.3. The average molecular weight is 911 g/mol. The number of unbranched alkanes of at least 4 members (excludes halogenated alkanes) is 32. The predicted molar refractivity (Wildman–Crippen MR) is 279 cm³/mol. The molecule has 6 nitrogen and oxygen atoms in total. The lowest BCUT2D eigenvalue weighted by Crippen LogP contribution is -2.30. The maximum absolute atomic E-state index is 12.8. The molecule has 0 N–H and O–H groups in total. The minimum absolute atomic E-state index is 0.0809. The smallest absolute Gasteiger partial charge is 0.306 e. The molecule has 0 unspecified atom stereocenters. The number of allylic oxidation sites excluding steroid dienone is 8. The minimum atomic E-state index is -0.784. The molecule has 0 amide bonds. The van der Waals surface area contributed by atoms with E-state index in [1.54, 1.807) is 0 Å². The highest BCUT2D eigenvalue weighted by atomic mass is 16.6. The van der Waals surface area contributed by atoms with Crippen molar-refractivity contribution >= 4 is 17.9 Å². The van der Waals surface area contributed by atoms with Gasteiger partial charge >= 0.3 is 17.9 Å². The monoisotopic (exact) mass is 911 g/mol. The van der Waals surface area contributed by atoms with E-state index in [0.29, 0.717) is 19.3 Å². The molecule has 0 aromatic heterocycles. The second-order valence-corrected chi connectivity index (χ2v) is 18.8. The Kier molecular flexibility index (Phi) is 51.8. The number of carbonyl (C=O) groups excluding carboxylic acids is 3. The zero-order valence-electron chi connectivity index (χ0n) is 43.3. The van der Waals surface area contributed by atoms with E-state index in [4.69, 9.17) is 14.2 Å². The van der Waals surface area contributed by atoms with Gasteiger partial charge in [0.2, 0.25) is 0 Å². The number of hydrogen-bond acceptors (Lipinski definition) is 6. The Morgan fingerprint density at radius 2 is 0.554 bits per heavy atom. The van der Waals surface area contributed by atoms with Crippen LogP contribution in [0.5, 0.6) is 0 Å². The number of ether oxygens (including phenoxy) is 3. The summed E-state index contributed by atoms with van der Waals surface area (Å²) in [4.78, 5) is 38.1. The van der Waals surface area contributed by atoms with Crippen LogP contribution in [-0.2, 0) is 28.6 Å². The second-order valence-electron chi connectivity index (χ2n) is 18.8. The van der Waals surface area contributed by atoms with Gasteiger partial charge in [-0.15, -0.1) is 0 Å². The van der Waals surface area contributed by atoms with Crippen molar-refractivity contribution in [2.24, 2.45) is 0 Å². The van der Waals surface area contributed by atoms with Crippen LogP contribution in [0.1, 0.15) is 290 Å². The van der Waals surface area contributed by atoms with Gasteiger partial charge in [0, 0.05) is 19.3 Å². The molecular weight excluding hydrogens is 805 g/mol. The van der Waals surface area contributed by atoms with Gasteiger partial charge in [0.05, 0.1) is 0 Å². The van der Waals surface area contributed by atoms with Crippen molar-refractivity contribution in [2.75, 3.05) is 13.2 Å². The number of carbonyl (C=O) groups is 3. The Morgan fingerprint density at radius 1 is 0.308 bits per heavy atom. The van der Waals surface area contributed by atoms with E-state index >= 15 is 0 Å². The lowest BCUT2D eigenvalue weighted by atomic mass is 10.0. The summed E-state index contributed by atoms with van der Waals surface area (Å²) in [6.45, 7) is 6.60. The van der Waals surface area contributed by atoms with Crippen molar-refractivity contribution in [2.45, 2.75) is 297 Å². The van der Waals surface area contributed by atoms with Crippen LogP contribution in [0.2, 0.25) is 0 Å². The Hall–Kier alpha value is -2.63. The Morgan fingerprint density at radius 3 is 0.923 bits per heavy atom. The van der Waals surface area contributed by atoms with Crippen molar-refractivity contribution < 1.29 is 28.6 Å². The maximum Gasteiger partial charge on any atom is 0.306 e. The molecule has 378 valence electrons. The van der Waals surface area contributed by atoms with Gasteiger partial charge in [-0.3, -0.25) is 14.4 Å². The van der Waals surface area contributed by atoms with Gasteiger partial charge in [-0.05, 0) is 83.5 Å². The first-order valence-electron chi connectivity index (χ1n) is 28.1. The highest BCUT2D eigenvalue weighted by Gasteiger charge is 2.19. The van der Waals surface area contributed by atoms with E-state index in [0.717, 1.165) is 96.3 Å². The summed E-state index contributed by atoms with van der Waals surface area (Å²) in [5, 5.41) is 0. The second kappa shape index (κ2) is 54.0. The Labute approximate surface area is 403 Å². The van der Waals surface area contributed by atoms with Crippen molar-refractivity contribution in [3.63, 3.8) is 0 Å². The van der Waals surface area contributed by atoms with Crippen LogP contribution in [0.25, 0.3) is 0 Å². The van der Waals surface area contributed by atoms with Crippen molar-refractivity contribution in [3.8, 4) is 0 Å². The molecule has 0 aromatic rings. The summed E-state index contributed by atoms with van der Waals surface area (Å²) in [5.41, 5.74) is 0. The van der Waals surface area contributed by atoms with Crippen LogP contribution >= 0.6 is 0 Å². The molecule has 0 bridgehead atoms. The Balaban J connectivity index is 4.38. The maximum atomic E-state index is 12.8. The fourth-order valence-corrected chi connectivity index (χ4v) is 8.03. The highest BCUT2D eigenvalue weighted by Crippen LogP contribution is 2.16. The van der Waals surface area contributed by atoms with Crippen LogP contribution in [-0.4, -0.2) is 37.2 Å². The molecule has 0 saturated carbocycles. The van der Waals surface area contributed by atoms with E-state index in [1.807, 2.05) is 0 Å². The fraction of sp³-hybridized carbons (Fsp3) is 0.814. The lowest BCUT2D eigenvalue weighted by molar-refractivity contribution is -0.167. The van der Waals surface area contributed by atoms with Gasteiger partial charge < -0.3 is 14.2 Å². The number of rotatable bonds is 51. The van der Waals surface area contributed by atoms with E-state index in [2.05, 4.69) is 69.4 Å². The zero-order valence-corrected chi connectivity index (χ0v) is 43.3. The summed E-state index contributed by atoms with van der Waals surface area (Å²) in [7, 11) is 0. The van der Waals surface area contributed by atoms with E-state index < -0.39 is 6.10 Å². The van der Waals surface area contributed by atoms with E-state index in [-0.39, 0.29) is 31.1 Å². The van der Waals surface area contributed by atoms with Gasteiger partial charge in [0.15, 0.2) is 6.10 Å². The highest BCUT2D eigenvalue weighted by molar-refractivity contribution is 5.71. The normalized spacial score (nSPS) is 12.4. The average Bonchev–Trinajstić information content (AvgIpc) is 3.30. The van der Waals surface area contributed by atoms with Crippen LogP contribution in [0.3, 0.4) is 0 Å². The third-order valence-corrected chi connectivity index (χ3v) is 12.3. The molecule has 0 aliphatic carbocycles. The molecule has 0 aromatic carbocycles. The first-order chi connectivity index (χ1) is 32.0. The van der Waals surface area contributed by atoms with Gasteiger partial charge in [-0.1, -0.05) is 236 Å². The van der Waals surface area contributed by atoms with Crippen LogP contribution in [0.15, 0.2) is 48.6 Å². The first kappa shape index (κ1) is 62.4.